The lowest BCUT2D eigenvalue weighted by Crippen LogP contribution is -2.58. The van der Waals surface area contributed by atoms with Crippen molar-refractivity contribution in [1.29, 1.82) is 0 Å². The highest BCUT2D eigenvalue weighted by atomic mass is 19.1. The van der Waals surface area contributed by atoms with Gasteiger partial charge in [0, 0.05) is 43.5 Å². The Morgan fingerprint density at radius 2 is 1.52 bits per heavy atom. The lowest BCUT2D eigenvalue weighted by atomic mass is 9.82. The van der Waals surface area contributed by atoms with Crippen LogP contribution in [0.4, 0.5) is 14.0 Å². The highest BCUT2D eigenvalue weighted by Gasteiger charge is 2.59. The lowest BCUT2D eigenvalue weighted by molar-refractivity contribution is -0.148. The number of nitrogens with one attached hydrogen (secondary N) is 2. The fraction of sp³-hybridized carbons (Fsp3) is 0.432. The number of hydrogen-bond donors (Lipinski definition) is 2. The molecule has 14 heteroatoms. The van der Waals surface area contributed by atoms with Crippen molar-refractivity contribution in [1.82, 2.24) is 25.0 Å². The topological polar surface area (TPSA) is 151 Å². The van der Waals surface area contributed by atoms with Gasteiger partial charge in [0.25, 0.3) is 0 Å². The SMILES string of the molecule is CC(=O)OC1CN(C(=O)[C@@H](NC(=O)[C@H](C)N(C)C(=O)OCc2ccccc2)C2CCCCC2)[C@@H]2C(c3c[nH]c4cc(F)ccc34)CN(C(=O)OCc3ccccc3)[C@H]12. The first-order valence-corrected chi connectivity index (χ1v) is 20.0. The summed E-state index contributed by atoms with van der Waals surface area (Å²) in [6.07, 6.45) is 3.69. The number of carbonyl (C=O) groups excluding carboxylic acids is 5. The van der Waals surface area contributed by atoms with E-state index in [1.165, 1.54) is 35.9 Å². The number of benzene rings is 3. The minimum atomic E-state index is -0.983. The van der Waals surface area contributed by atoms with E-state index in [-0.39, 0.29) is 38.1 Å². The molecule has 2 aliphatic heterocycles. The van der Waals surface area contributed by atoms with E-state index in [9.17, 15) is 23.6 Å². The van der Waals surface area contributed by atoms with Crippen LogP contribution < -0.4 is 5.32 Å². The van der Waals surface area contributed by atoms with Gasteiger partial charge >= 0.3 is 18.2 Å². The summed E-state index contributed by atoms with van der Waals surface area (Å²) in [5.74, 6) is -2.61. The summed E-state index contributed by atoms with van der Waals surface area (Å²) in [6, 6.07) is 19.4. The van der Waals surface area contributed by atoms with Crippen LogP contribution in [0, 0.1) is 11.7 Å². The second kappa shape index (κ2) is 17.7. The quantitative estimate of drug-likeness (QED) is 0.133. The van der Waals surface area contributed by atoms with E-state index < -0.39 is 66.1 Å². The summed E-state index contributed by atoms with van der Waals surface area (Å²) in [5, 5.41) is 3.75. The summed E-state index contributed by atoms with van der Waals surface area (Å²) in [7, 11) is 1.48. The smallest absolute Gasteiger partial charge is 0.410 e. The van der Waals surface area contributed by atoms with Crippen molar-refractivity contribution < 1.29 is 42.6 Å². The third kappa shape index (κ3) is 8.65. The van der Waals surface area contributed by atoms with Gasteiger partial charge in [0.1, 0.15) is 37.2 Å². The maximum absolute atomic E-state index is 15.2. The molecule has 2 unspecified atom stereocenters. The number of aromatic nitrogens is 1. The molecule has 4 amide bonds. The molecule has 3 heterocycles. The number of carbonyl (C=O) groups is 5. The van der Waals surface area contributed by atoms with Gasteiger partial charge in [0.15, 0.2) is 0 Å². The first-order valence-electron chi connectivity index (χ1n) is 20.0. The molecule has 1 aromatic heterocycles. The number of esters is 1. The second-order valence-corrected chi connectivity index (χ2v) is 15.6. The fourth-order valence-electron chi connectivity index (χ4n) is 8.83. The first kappa shape index (κ1) is 40.3. The number of nitrogens with zero attached hydrogens (tertiary/aromatic N) is 3. The molecule has 13 nitrogen and oxygen atoms in total. The Hall–Kier alpha value is -5.92. The number of likely N-dealkylation sites (N-methyl/N-ethyl adjacent to an activating group) is 1. The summed E-state index contributed by atoms with van der Waals surface area (Å²) in [4.78, 5) is 76.5. The van der Waals surface area contributed by atoms with Crippen LogP contribution in [0.2, 0.25) is 0 Å². The van der Waals surface area contributed by atoms with Crippen LogP contribution in [0.15, 0.2) is 85.1 Å². The van der Waals surface area contributed by atoms with Gasteiger partial charge in [-0.2, -0.15) is 0 Å². The number of aromatic amines is 1. The van der Waals surface area contributed by atoms with Crippen LogP contribution in [-0.2, 0) is 41.8 Å². The van der Waals surface area contributed by atoms with Crippen LogP contribution in [0.1, 0.15) is 68.6 Å². The molecule has 1 saturated carbocycles. The standard InChI is InChI=1S/C44H50FN5O8/c1-27(48(3)43(54)56-25-29-13-7-4-8-14-29)41(52)47-38(31-17-11-6-12-18-31)42(53)49-24-37(58-28(2)51)40-39(49)35(34-22-46-36-21-32(45)19-20-33(34)36)23-50(40)44(55)57-26-30-15-9-5-10-16-30/h4-5,7-10,13-16,19-22,27,31,35,37-40,46H,6,11-12,17-18,23-26H2,1-3H3,(H,47,52)/t27-,35?,37?,38-,39+,40+/m0/s1. The predicted octanol–water partition coefficient (Wildman–Crippen LogP) is 6.28. The minimum Gasteiger partial charge on any atom is -0.458 e. The Bertz CT molecular complexity index is 2110. The highest BCUT2D eigenvalue weighted by Crippen LogP contribution is 2.45. The normalized spacial score (nSPS) is 21.5. The number of likely N-dealkylation sites (tertiary alicyclic amines) is 2. The van der Waals surface area contributed by atoms with Crippen molar-refractivity contribution in [3.8, 4) is 0 Å². The van der Waals surface area contributed by atoms with E-state index in [0.29, 0.717) is 18.4 Å². The summed E-state index contributed by atoms with van der Waals surface area (Å²) < 4.78 is 31.5. The molecule has 58 heavy (non-hydrogen) atoms. The molecule has 306 valence electrons. The number of ether oxygens (including phenoxy) is 3. The van der Waals surface area contributed by atoms with Crippen molar-refractivity contribution in [2.24, 2.45) is 5.92 Å². The molecule has 3 fully saturated rings. The maximum Gasteiger partial charge on any atom is 0.410 e. The van der Waals surface area contributed by atoms with Gasteiger partial charge in [-0.1, -0.05) is 79.9 Å². The minimum absolute atomic E-state index is 0.00762. The molecular formula is C44H50FN5O8. The number of fused-ring (bicyclic) bond motifs is 2. The number of amides is 4. The van der Waals surface area contributed by atoms with E-state index in [4.69, 9.17) is 14.2 Å². The molecule has 4 aromatic rings. The van der Waals surface area contributed by atoms with E-state index in [1.54, 1.807) is 24.1 Å². The van der Waals surface area contributed by atoms with Gasteiger partial charge < -0.3 is 29.4 Å². The van der Waals surface area contributed by atoms with Crippen molar-refractivity contribution in [2.75, 3.05) is 20.1 Å². The molecule has 0 bridgehead atoms. The Balaban J connectivity index is 1.19. The predicted molar refractivity (Wildman–Crippen MR) is 212 cm³/mol. The first-order chi connectivity index (χ1) is 28.0. The van der Waals surface area contributed by atoms with Crippen LogP contribution >= 0.6 is 0 Å². The van der Waals surface area contributed by atoms with Gasteiger partial charge in [-0.25, -0.2) is 14.0 Å². The molecular weight excluding hydrogens is 746 g/mol. The molecule has 0 radical (unpaired) electrons. The molecule has 3 aromatic carbocycles. The van der Waals surface area contributed by atoms with Crippen LogP contribution in [0.25, 0.3) is 10.9 Å². The molecule has 7 rings (SSSR count). The lowest BCUT2D eigenvalue weighted by Gasteiger charge is -2.36. The Morgan fingerprint density at radius 3 is 2.17 bits per heavy atom. The number of rotatable bonds is 11. The second-order valence-electron chi connectivity index (χ2n) is 15.6. The summed E-state index contributed by atoms with van der Waals surface area (Å²) in [5.41, 5.74) is 2.90. The molecule has 2 N–H and O–H groups in total. The Morgan fingerprint density at radius 1 is 0.862 bits per heavy atom. The Labute approximate surface area is 336 Å². The third-order valence-electron chi connectivity index (χ3n) is 11.9. The van der Waals surface area contributed by atoms with Crippen LogP contribution in [-0.4, -0.2) is 100 Å². The molecule has 3 aliphatic rings. The van der Waals surface area contributed by atoms with Crippen molar-refractivity contribution >= 4 is 40.9 Å². The molecule has 1 aliphatic carbocycles. The Kier molecular flexibility index (Phi) is 12.3. The maximum atomic E-state index is 15.2. The van der Waals surface area contributed by atoms with Gasteiger partial charge in [-0.3, -0.25) is 24.2 Å². The van der Waals surface area contributed by atoms with Gasteiger partial charge in [0.2, 0.25) is 11.8 Å². The molecule has 6 atom stereocenters. The zero-order chi connectivity index (χ0) is 40.9. The zero-order valence-electron chi connectivity index (χ0n) is 33.0. The van der Waals surface area contributed by atoms with Crippen LogP contribution in [0.5, 0.6) is 0 Å². The number of H-pyrrole nitrogens is 1. The largest absolute Gasteiger partial charge is 0.458 e. The van der Waals surface area contributed by atoms with Crippen molar-refractivity contribution in [3.63, 3.8) is 0 Å². The number of hydrogen-bond acceptors (Lipinski definition) is 8. The van der Waals surface area contributed by atoms with Gasteiger partial charge in [0.05, 0.1) is 18.6 Å². The zero-order valence-corrected chi connectivity index (χ0v) is 33.0. The monoisotopic (exact) mass is 795 g/mol. The molecule has 0 spiro atoms. The summed E-state index contributed by atoms with van der Waals surface area (Å²) in [6.45, 7) is 2.98. The van der Waals surface area contributed by atoms with Gasteiger partial charge in [-0.05, 0) is 60.6 Å². The number of halogens is 1. The highest BCUT2D eigenvalue weighted by molar-refractivity contribution is 5.92. The van der Waals surface area contributed by atoms with Crippen molar-refractivity contribution in [3.05, 3.63) is 108 Å². The summed E-state index contributed by atoms with van der Waals surface area (Å²) >= 11 is 0. The van der Waals surface area contributed by atoms with E-state index in [1.807, 2.05) is 60.7 Å². The average molecular weight is 796 g/mol. The van der Waals surface area contributed by atoms with E-state index in [0.717, 1.165) is 41.3 Å². The molecule has 2 saturated heterocycles. The van der Waals surface area contributed by atoms with E-state index >= 15 is 4.79 Å². The fourth-order valence-corrected chi connectivity index (χ4v) is 8.83. The van der Waals surface area contributed by atoms with Crippen LogP contribution in [0.3, 0.4) is 0 Å². The average Bonchev–Trinajstić information content (AvgIpc) is 3.94. The third-order valence-corrected chi connectivity index (χ3v) is 11.9. The van der Waals surface area contributed by atoms with Gasteiger partial charge in [-0.15, -0.1) is 0 Å². The van der Waals surface area contributed by atoms with Crippen molar-refractivity contribution in [2.45, 2.75) is 95.4 Å². The van der Waals surface area contributed by atoms with E-state index in [2.05, 4.69) is 10.3 Å².